The number of hydrogen-bond acceptors (Lipinski definition) is 4. The Labute approximate surface area is 109 Å². The van der Waals surface area contributed by atoms with E-state index in [2.05, 4.69) is 10.6 Å². The predicted molar refractivity (Wildman–Crippen MR) is 67.2 cm³/mol. The number of carbonyl (C=O) groups is 3. The van der Waals surface area contributed by atoms with E-state index in [1.54, 1.807) is 11.8 Å². The van der Waals surface area contributed by atoms with Gasteiger partial charge in [-0.15, -0.1) is 0 Å². The molecule has 5 N–H and O–H groups in total. The van der Waals surface area contributed by atoms with Crippen molar-refractivity contribution in [2.45, 2.75) is 31.3 Å². The highest BCUT2D eigenvalue weighted by molar-refractivity contribution is 7.99. The third kappa shape index (κ3) is 5.26. The molecular formula is C10H17N3O4S. The van der Waals surface area contributed by atoms with Crippen molar-refractivity contribution in [3.8, 4) is 0 Å². The zero-order valence-electron chi connectivity index (χ0n) is 9.85. The molecular weight excluding hydrogens is 258 g/mol. The lowest BCUT2D eigenvalue weighted by Crippen LogP contribution is -2.51. The highest BCUT2D eigenvalue weighted by atomic mass is 32.2. The number of primary amides is 1. The lowest BCUT2D eigenvalue weighted by atomic mass is 10.2. The Balaban J connectivity index is 2.40. The summed E-state index contributed by atoms with van der Waals surface area (Å²) in [6.07, 6.45) is 1.50. The number of amides is 3. The van der Waals surface area contributed by atoms with Crippen molar-refractivity contribution in [2.75, 3.05) is 11.5 Å². The maximum atomic E-state index is 11.6. The topological polar surface area (TPSA) is 122 Å². The van der Waals surface area contributed by atoms with E-state index < -0.39 is 30.4 Å². The van der Waals surface area contributed by atoms with Gasteiger partial charge in [0.2, 0.25) is 5.91 Å². The van der Waals surface area contributed by atoms with Crippen LogP contribution >= 0.6 is 11.8 Å². The molecule has 0 saturated carbocycles. The van der Waals surface area contributed by atoms with Gasteiger partial charge in [0, 0.05) is 11.8 Å². The van der Waals surface area contributed by atoms with Gasteiger partial charge in [-0.3, -0.25) is 4.79 Å². The number of rotatable bonds is 5. The van der Waals surface area contributed by atoms with Crippen LogP contribution in [0.15, 0.2) is 0 Å². The minimum absolute atomic E-state index is 0.0479. The molecule has 0 spiro atoms. The van der Waals surface area contributed by atoms with Gasteiger partial charge in [-0.25, -0.2) is 9.59 Å². The van der Waals surface area contributed by atoms with E-state index in [1.165, 1.54) is 0 Å². The van der Waals surface area contributed by atoms with Crippen LogP contribution in [0.1, 0.15) is 19.3 Å². The number of nitrogens with two attached hydrogens (primary N) is 1. The third-order valence-electron chi connectivity index (χ3n) is 2.50. The van der Waals surface area contributed by atoms with Crippen molar-refractivity contribution in [1.82, 2.24) is 10.6 Å². The van der Waals surface area contributed by atoms with Gasteiger partial charge < -0.3 is 21.5 Å². The number of carbonyl (C=O) groups excluding carboxylic acids is 2. The summed E-state index contributed by atoms with van der Waals surface area (Å²) >= 11 is 1.75. The van der Waals surface area contributed by atoms with Crippen molar-refractivity contribution >= 4 is 29.7 Å². The summed E-state index contributed by atoms with van der Waals surface area (Å²) in [5, 5.41) is 13.7. The molecule has 7 nitrogen and oxygen atoms in total. The van der Waals surface area contributed by atoms with Crippen LogP contribution in [0.3, 0.4) is 0 Å². The van der Waals surface area contributed by atoms with Gasteiger partial charge in [0.05, 0.1) is 6.42 Å². The van der Waals surface area contributed by atoms with Crippen molar-refractivity contribution in [1.29, 1.82) is 0 Å². The number of aliphatic carboxylic acids is 1. The Morgan fingerprint density at radius 3 is 2.67 bits per heavy atom. The maximum Gasteiger partial charge on any atom is 0.326 e. The second kappa shape index (κ2) is 7.10. The number of nitrogens with one attached hydrogen (secondary N) is 2. The van der Waals surface area contributed by atoms with Crippen LogP contribution < -0.4 is 16.4 Å². The lowest BCUT2D eigenvalue weighted by molar-refractivity contribution is -0.140. The first-order chi connectivity index (χ1) is 8.49. The second-order valence-electron chi connectivity index (χ2n) is 4.09. The summed E-state index contributed by atoms with van der Waals surface area (Å²) in [6.45, 7) is 0. The zero-order chi connectivity index (χ0) is 13.5. The average molecular weight is 275 g/mol. The van der Waals surface area contributed by atoms with Crippen molar-refractivity contribution in [3.05, 3.63) is 0 Å². The Bertz CT molecular complexity index is 331. The van der Waals surface area contributed by atoms with Crippen LogP contribution in [-0.2, 0) is 9.59 Å². The first-order valence-corrected chi connectivity index (χ1v) is 6.80. The highest BCUT2D eigenvalue weighted by Crippen LogP contribution is 2.16. The zero-order valence-corrected chi connectivity index (χ0v) is 10.7. The molecule has 1 aliphatic rings. The van der Waals surface area contributed by atoms with Crippen LogP contribution in [0, 0.1) is 0 Å². The fourth-order valence-corrected chi connectivity index (χ4v) is 2.71. The molecule has 102 valence electrons. The van der Waals surface area contributed by atoms with Gasteiger partial charge in [0.1, 0.15) is 6.04 Å². The molecule has 8 heteroatoms. The molecule has 0 aromatic rings. The Morgan fingerprint density at radius 2 is 2.17 bits per heavy atom. The fourth-order valence-electron chi connectivity index (χ4n) is 1.64. The average Bonchev–Trinajstić information content (AvgIpc) is 2.28. The highest BCUT2D eigenvalue weighted by Gasteiger charge is 2.23. The molecule has 0 aliphatic carbocycles. The number of urea groups is 1. The van der Waals surface area contributed by atoms with Crippen molar-refractivity contribution < 1.29 is 19.5 Å². The minimum Gasteiger partial charge on any atom is -0.480 e. The molecule has 3 amide bonds. The molecule has 1 heterocycles. The monoisotopic (exact) mass is 275 g/mol. The van der Waals surface area contributed by atoms with Crippen LogP contribution in [0.4, 0.5) is 4.79 Å². The standard InChI is InChI=1S/C10H17N3O4S/c11-8(14)4-7(9(15)16)13-10(17)12-6-2-1-3-18-5-6/h6-7H,1-5H2,(H2,11,14)(H,15,16)(H2,12,13,17)/t6?,7-/m0/s1. The van der Waals surface area contributed by atoms with Gasteiger partial charge >= 0.3 is 12.0 Å². The molecule has 0 aromatic carbocycles. The van der Waals surface area contributed by atoms with Crippen LogP contribution in [-0.4, -0.2) is 46.6 Å². The molecule has 1 saturated heterocycles. The van der Waals surface area contributed by atoms with Crippen molar-refractivity contribution in [2.24, 2.45) is 5.73 Å². The van der Waals surface area contributed by atoms with E-state index in [4.69, 9.17) is 10.8 Å². The first-order valence-electron chi connectivity index (χ1n) is 5.65. The van der Waals surface area contributed by atoms with Crippen LogP contribution in [0.5, 0.6) is 0 Å². The number of carboxylic acid groups (broad SMARTS) is 1. The maximum absolute atomic E-state index is 11.6. The van der Waals surface area contributed by atoms with Gasteiger partial charge in [-0.1, -0.05) is 0 Å². The normalized spacial score (nSPS) is 20.8. The lowest BCUT2D eigenvalue weighted by Gasteiger charge is -2.23. The van der Waals surface area contributed by atoms with Gasteiger partial charge in [0.15, 0.2) is 0 Å². The molecule has 2 atom stereocenters. The quantitative estimate of drug-likeness (QED) is 0.539. The summed E-state index contributed by atoms with van der Waals surface area (Å²) in [5.74, 6) is -0.141. The molecule has 1 unspecified atom stereocenters. The molecule has 18 heavy (non-hydrogen) atoms. The van der Waals surface area contributed by atoms with E-state index >= 15 is 0 Å². The number of thioether (sulfide) groups is 1. The molecule has 0 aromatic heterocycles. The molecule has 1 fully saturated rings. The number of hydrogen-bond donors (Lipinski definition) is 4. The predicted octanol–water partition coefficient (Wildman–Crippen LogP) is -0.490. The molecule has 0 radical (unpaired) electrons. The van der Waals surface area contributed by atoms with E-state index in [0.29, 0.717) is 0 Å². The summed E-state index contributed by atoms with van der Waals surface area (Å²) in [6, 6.07) is -1.80. The van der Waals surface area contributed by atoms with Crippen LogP contribution in [0.2, 0.25) is 0 Å². The molecule has 1 aliphatic heterocycles. The molecule has 0 bridgehead atoms. The van der Waals surface area contributed by atoms with Gasteiger partial charge in [-0.2, -0.15) is 11.8 Å². The summed E-state index contributed by atoms with van der Waals surface area (Å²) in [7, 11) is 0. The van der Waals surface area contributed by atoms with Crippen molar-refractivity contribution in [3.63, 3.8) is 0 Å². The Kier molecular flexibility index (Phi) is 5.76. The van der Waals surface area contributed by atoms with E-state index in [1.807, 2.05) is 0 Å². The minimum atomic E-state index is -1.28. The van der Waals surface area contributed by atoms with E-state index in [-0.39, 0.29) is 6.04 Å². The Hall–Kier alpha value is -1.44. The molecule has 1 rings (SSSR count). The Morgan fingerprint density at radius 1 is 1.44 bits per heavy atom. The summed E-state index contributed by atoms with van der Waals surface area (Å²) in [5.41, 5.74) is 4.91. The SMILES string of the molecule is NC(=O)C[C@H](NC(=O)NC1CCCSC1)C(=O)O. The summed E-state index contributed by atoms with van der Waals surface area (Å²) < 4.78 is 0. The van der Waals surface area contributed by atoms with E-state index in [0.717, 1.165) is 24.3 Å². The second-order valence-corrected chi connectivity index (χ2v) is 5.24. The third-order valence-corrected chi connectivity index (χ3v) is 3.72. The first kappa shape index (κ1) is 14.6. The number of carboxylic acids is 1. The summed E-state index contributed by atoms with van der Waals surface area (Å²) in [4.78, 5) is 33.0. The van der Waals surface area contributed by atoms with Crippen LogP contribution in [0.25, 0.3) is 0 Å². The smallest absolute Gasteiger partial charge is 0.326 e. The van der Waals surface area contributed by atoms with E-state index in [9.17, 15) is 14.4 Å². The largest absolute Gasteiger partial charge is 0.480 e. The fraction of sp³-hybridized carbons (Fsp3) is 0.700. The van der Waals surface area contributed by atoms with Gasteiger partial charge in [-0.05, 0) is 18.6 Å². The van der Waals surface area contributed by atoms with Gasteiger partial charge in [0.25, 0.3) is 0 Å².